The Balaban J connectivity index is 0.00000289. The van der Waals surface area contributed by atoms with Crippen molar-refractivity contribution in [1.82, 2.24) is 0 Å². The molecule has 0 radical (unpaired) electrons. The van der Waals surface area contributed by atoms with Gasteiger partial charge in [-0.3, -0.25) is 0 Å². The molecule has 0 nitrogen and oxygen atoms in total. The molecule has 0 N–H and O–H groups in total. The Morgan fingerprint density at radius 1 is 1.11 bits per heavy atom. The van der Waals surface area contributed by atoms with Crippen LogP contribution in [0.2, 0.25) is 0 Å². The van der Waals surface area contributed by atoms with Crippen LogP contribution in [-0.2, 0) is 6.42 Å². The van der Waals surface area contributed by atoms with Crippen LogP contribution < -0.4 is 56.8 Å². The van der Waals surface area contributed by atoms with Gasteiger partial charge in [-0.25, -0.2) is 0 Å². The molecule has 0 aromatic heterocycles. The van der Waals surface area contributed by atoms with E-state index in [9.17, 15) is 12.9 Å². The van der Waals surface area contributed by atoms with E-state index >= 15 is 0 Å². The van der Waals surface area contributed by atoms with Gasteiger partial charge in [-0.05, 0) is 31.9 Å². The van der Waals surface area contributed by atoms with Crippen molar-refractivity contribution < 1.29 is 64.3 Å². The third kappa shape index (κ3) is 3.59. The molecule has 0 aliphatic heterocycles. The average Bonchev–Trinajstić information content (AvgIpc) is 2.19. The predicted octanol–water partition coefficient (Wildman–Crippen LogP) is 0.135. The van der Waals surface area contributed by atoms with E-state index in [2.05, 4.69) is 18.5 Å². The van der Waals surface area contributed by atoms with Gasteiger partial charge in [0.1, 0.15) is 0 Å². The standard InChI is InChI=1S/C12H13BF3S.K/c1-5-6-10-7(2)11(13(14,15)16)9(4)12(17)8(10)3;/h1,17H,6H2,2-4H3;/q-1;+1. The van der Waals surface area contributed by atoms with E-state index in [0.29, 0.717) is 10.5 Å². The maximum atomic E-state index is 13.0. The monoisotopic (exact) mass is 296 g/mol. The van der Waals surface area contributed by atoms with E-state index in [1.807, 2.05) is 0 Å². The quantitative estimate of drug-likeness (QED) is 0.448. The largest absolute Gasteiger partial charge is 1.00 e. The maximum absolute atomic E-state index is 13.0. The summed E-state index contributed by atoms with van der Waals surface area (Å²) in [5.74, 6) is 2.40. The zero-order valence-electron chi connectivity index (χ0n) is 10.9. The van der Waals surface area contributed by atoms with Gasteiger partial charge in [0.05, 0.1) is 0 Å². The number of thiol groups is 1. The number of hydrogen-bond donors (Lipinski definition) is 1. The Hall–Kier alpha value is 0.621. The van der Waals surface area contributed by atoms with Crippen LogP contribution in [0.4, 0.5) is 12.9 Å². The first-order chi connectivity index (χ1) is 7.71. The number of benzene rings is 1. The van der Waals surface area contributed by atoms with E-state index in [1.165, 1.54) is 13.8 Å². The number of hydrogen-bond acceptors (Lipinski definition) is 1. The minimum atomic E-state index is -5.04. The Labute approximate surface area is 154 Å². The normalized spacial score (nSPS) is 10.8. The van der Waals surface area contributed by atoms with Gasteiger partial charge in [0.15, 0.2) is 0 Å². The second-order valence-electron chi connectivity index (χ2n) is 4.07. The van der Waals surface area contributed by atoms with Crippen molar-refractivity contribution in [1.29, 1.82) is 0 Å². The summed E-state index contributed by atoms with van der Waals surface area (Å²) in [7, 11) is 0. The van der Waals surface area contributed by atoms with Gasteiger partial charge in [-0.15, -0.1) is 30.4 Å². The first-order valence-electron chi connectivity index (χ1n) is 5.16. The molecule has 0 aliphatic carbocycles. The summed E-state index contributed by atoms with van der Waals surface area (Å²) in [6, 6.07) is 0. The van der Waals surface area contributed by atoms with Crippen LogP contribution in [0.1, 0.15) is 22.3 Å². The fraction of sp³-hybridized carbons (Fsp3) is 0.333. The first kappa shape index (κ1) is 18.6. The molecule has 0 unspecified atom stereocenters. The second-order valence-corrected chi connectivity index (χ2v) is 4.52. The fourth-order valence-electron chi connectivity index (χ4n) is 2.14. The molecular weight excluding hydrogens is 283 g/mol. The van der Waals surface area contributed by atoms with E-state index < -0.39 is 12.4 Å². The van der Waals surface area contributed by atoms with Crippen molar-refractivity contribution in [2.45, 2.75) is 32.1 Å². The summed E-state index contributed by atoms with van der Waals surface area (Å²) in [5, 5.41) is 0. The first-order valence-corrected chi connectivity index (χ1v) is 5.61. The molecule has 0 fully saturated rings. The van der Waals surface area contributed by atoms with Gasteiger partial charge in [-0.1, -0.05) is 11.1 Å². The van der Waals surface area contributed by atoms with Crippen LogP contribution in [0.15, 0.2) is 4.90 Å². The molecule has 6 heteroatoms. The van der Waals surface area contributed by atoms with Crippen LogP contribution in [0, 0.1) is 33.1 Å². The van der Waals surface area contributed by atoms with Crippen LogP contribution in [-0.4, -0.2) is 6.98 Å². The SMILES string of the molecule is C#CCc1c(C)c(S)c(C)c([B-](F)(F)F)c1C.[K+]. The van der Waals surface area contributed by atoms with Crippen molar-refractivity contribution in [3.63, 3.8) is 0 Å². The average molecular weight is 296 g/mol. The molecule has 0 aliphatic rings. The van der Waals surface area contributed by atoms with Gasteiger partial charge < -0.3 is 12.9 Å². The Bertz CT molecular complexity index is 504. The topological polar surface area (TPSA) is 0 Å². The van der Waals surface area contributed by atoms with Gasteiger partial charge in [0, 0.05) is 11.3 Å². The molecule has 0 bridgehead atoms. The molecule has 0 amide bonds. The zero-order chi connectivity index (χ0) is 13.4. The second kappa shape index (κ2) is 6.87. The predicted molar refractivity (Wildman–Crippen MR) is 69.2 cm³/mol. The van der Waals surface area contributed by atoms with Crippen molar-refractivity contribution in [3.8, 4) is 12.3 Å². The van der Waals surface area contributed by atoms with Crippen molar-refractivity contribution >= 4 is 25.1 Å². The van der Waals surface area contributed by atoms with Crippen LogP contribution in [0.25, 0.3) is 0 Å². The molecule has 0 heterocycles. The fourth-order valence-corrected chi connectivity index (χ4v) is 2.39. The van der Waals surface area contributed by atoms with Crippen molar-refractivity contribution in [3.05, 3.63) is 22.3 Å². The van der Waals surface area contributed by atoms with Crippen LogP contribution >= 0.6 is 12.6 Å². The smallest absolute Gasteiger partial charge is 0.445 e. The Morgan fingerprint density at radius 3 is 2.00 bits per heavy atom. The zero-order valence-corrected chi connectivity index (χ0v) is 15.0. The molecule has 0 atom stereocenters. The Morgan fingerprint density at radius 2 is 1.61 bits per heavy atom. The Kier molecular flexibility index (Phi) is 7.11. The molecule has 1 aromatic carbocycles. The van der Waals surface area contributed by atoms with E-state index in [-0.39, 0.29) is 68.9 Å². The summed E-state index contributed by atoms with van der Waals surface area (Å²) in [5.41, 5.74) is 1.19. The molecule has 0 saturated carbocycles. The summed E-state index contributed by atoms with van der Waals surface area (Å²) < 4.78 is 39.1. The molecule has 18 heavy (non-hydrogen) atoms. The summed E-state index contributed by atoms with van der Waals surface area (Å²) in [4.78, 5) is 0.384. The summed E-state index contributed by atoms with van der Waals surface area (Å²) >= 11 is 4.16. The van der Waals surface area contributed by atoms with Gasteiger partial charge in [-0.2, -0.15) is 0 Å². The maximum Gasteiger partial charge on any atom is 1.00 e. The molecule has 0 saturated heterocycles. The van der Waals surface area contributed by atoms with Crippen LogP contribution in [0.3, 0.4) is 0 Å². The minimum absolute atomic E-state index is 0. The van der Waals surface area contributed by atoms with Gasteiger partial charge >= 0.3 is 58.4 Å². The van der Waals surface area contributed by atoms with Crippen LogP contribution in [0.5, 0.6) is 0 Å². The van der Waals surface area contributed by atoms with Crippen molar-refractivity contribution in [2.24, 2.45) is 0 Å². The van der Waals surface area contributed by atoms with Gasteiger partial charge in [0.2, 0.25) is 0 Å². The summed E-state index contributed by atoms with van der Waals surface area (Å²) in [6.07, 6.45) is 5.39. The summed E-state index contributed by atoms with van der Waals surface area (Å²) in [6.45, 7) is -0.360. The third-order valence-corrected chi connectivity index (χ3v) is 3.70. The van der Waals surface area contributed by atoms with E-state index in [1.54, 1.807) is 6.92 Å². The third-order valence-electron chi connectivity index (χ3n) is 3.03. The number of terminal acetylenes is 1. The minimum Gasteiger partial charge on any atom is -0.445 e. The van der Waals surface area contributed by atoms with Gasteiger partial charge in [0.25, 0.3) is 0 Å². The number of rotatable bonds is 2. The van der Waals surface area contributed by atoms with Crippen molar-refractivity contribution in [2.75, 3.05) is 0 Å². The molecule has 1 rings (SSSR count). The molecule has 92 valence electrons. The number of halogens is 3. The van der Waals surface area contributed by atoms with E-state index in [0.717, 1.165) is 5.56 Å². The molecule has 0 spiro atoms. The van der Waals surface area contributed by atoms with E-state index in [4.69, 9.17) is 6.42 Å². The molecule has 1 aromatic rings. The molecular formula is C12H13BF3KS.